The molecule has 16 heavy (non-hydrogen) atoms. The Hall–Kier alpha value is -1.16. The summed E-state index contributed by atoms with van der Waals surface area (Å²) in [6.07, 6.45) is 0.839. The van der Waals surface area contributed by atoms with Gasteiger partial charge in [-0.3, -0.25) is 9.59 Å². The Labute approximate surface area is 103 Å². The number of anilines is 1. The molecule has 1 aromatic rings. The SMILES string of the molecule is CCc1cccc(NC(=O)CC(=O)CBr)c1. The maximum absolute atomic E-state index is 11.4. The lowest BCUT2D eigenvalue weighted by molar-refractivity contribution is -0.123. The summed E-state index contributed by atoms with van der Waals surface area (Å²) in [7, 11) is 0. The zero-order valence-electron chi connectivity index (χ0n) is 9.13. The summed E-state index contributed by atoms with van der Waals surface area (Å²) in [5.74, 6) is -0.387. The van der Waals surface area contributed by atoms with E-state index in [2.05, 4.69) is 28.2 Å². The maximum atomic E-state index is 11.4. The summed E-state index contributed by atoms with van der Waals surface area (Å²) >= 11 is 3.02. The van der Waals surface area contributed by atoms with Crippen LogP contribution in [0.2, 0.25) is 0 Å². The Kier molecular flexibility index (Phi) is 5.19. The number of Topliss-reactive ketones (excluding diaryl/α,β-unsaturated/α-hetero) is 1. The summed E-state index contributed by atoms with van der Waals surface area (Å²) in [6, 6.07) is 7.62. The molecule has 0 aliphatic carbocycles. The van der Waals surface area contributed by atoms with Crippen LogP contribution in [0.3, 0.4) is 0 Å². The minimum Gasteiger partial charge on any atom is -0.326 e. The molecule has 3 nitrogen and oxygen atoms in total. The number of alkyl halides is 1. The molecule has 0 spiro atoms. The second-order valence-electron chi connectivity index (χ2n) is 3.45. The molecule has 0 aliphatic rings. The number of halogens is 1. The number of carbonyl (C=O) groups excluding carboxylic acids is 2. The van der Waals surface area contributed by atoms with E-state index in [1.54, 1.807) is 0 Å². The fourth-order valence-corrected chi connectivity index (χ4v) is 1.50. The van der Waals surface area contributed by atoms with Crippen molar-refractivity contribution in [1.82, 2.24) is 0 Å². The normalized spacial score (nSPS) is 9.88. The number of ketones is 1. The Morgan fingerprint density at radius 3 is 2.75 bits per heavy atom. The van der Waals surface area contributed by atoms with E-state index < -0.39 is 0 Å². The van der Waals surface area contributed by atoms with E-state index in [4.69, 9.17) is 0 Å². The van der Waals surface area contributed by atoms with E-state index in [-0.39, 0.29) is 23.4 Å². The van der Waals surface area contributed by atoms with Gasteiger partial charge in [-0.05, 0) is 24.1 Å². The first-order valence-electron chi connectivity index (χ1n) is 5.12. The summed E-state index contributed by atoms with van der Waals surface area (Å²) in [6.45, 7) is 2.05. The van der Waals surface area contributed by atoms with Crippen molar-refractivity contribution in [3.63, 3.8) is 0 Å². The molecule has 86 valence electrons. The van der Waals surface area contributed by atoms with Crippen LogP contribution < -0.4 is 5.32 Å². The van der Waals surface area contributed by atoms with Crippen LogP contribution in [0.1, 0.15) is 18.9 Å². The highest BCUT2D eigenvalue weighted by atomic mass is 79.9. The summed E-state index contributed by atoms with van der Waals surface area (Å²) in [4.78, 5) is 22.5. The standard InChI is InChI=1S/C12H14BrNO2/c1-2-9-4-3-5-10(6-9)14-12(16)7-11(15)8-13/h3-6H,2,7-8H2,1H3,(H,14,16). The first-order valence-corrected chi connectivity index (χ1v) is 6.24. The smallest absolute Gasteiger partial charge is 0.231 e. The van der Waals surface area contributed by atoms with Crippen LogP contribution in [0.4, 0.5) is 5.69 Å². The van der Waals surface area contributed by atoms with Crippen molar-refractivity contribution in [3.8, 4) is 0 Å². The fraction of sp³-hybridized carbons (Fsp3) is 0.333. The molecule has 0 unspecified atom stereocenters. The predicted molar refractivity (Wildman–Crippen MR) is 67.9 cm³/mol. The van der Waals surface area contributed by atoms with Gasteiger partial charge in [0.1, 0.15) is 0 Å². The van der Waals surface area contributed by atoms with E-state index in [1.165, 1.54) is 0 Å². The zero-order valence-corrected chi connectivity index (χ0v) is 10.7. The number of hydrogen-bond acceptors (Lipinski definition) is 2. The van der Waals surface area contributed by atoms with Gasteiger partial charge in [0.05, 0.1) is 11.8 Å². The third-order valence-electron chi connectivity index (χ3n) is 2.13. The van der Waals surface area contributed by atoms with Crippen molar-refractivity contribution in [2.45, 2.75) is 19.8 Å². The molecule has 1 aromatic carbocycles. The molecule has 0 bridgehead atoms. The van der Waals surface area contributed by atoms with E-state index >= 15 is 0 Å². The largest absolute Gasteiger partial charge is 0.326 e. The van der Waals surface area contributed by atoms with E-state index in [0.717, 1.165) is 17.7 Å². The number of benzene rings is 1. The Bertz CT molecular complexity index is 390. The molecular formula is C12H14BrNO2. The fourth-order valence-electron chi connectivity index (χ4n) is 1.30. The molecule has 0 saturated heterocycles. The number of carbonyl (C=O) groups is 2. The number of aryl methyl sites for hydroxylation is 1. The monoisotopic (exact) mass is 283 g/mol. The lowest BCUT2D eigenvalue weighted by atomic mass is 10.1. The van der Waals surface area contributed by atoms with Crippen LogP contribution in [0.25, 0.3) is 0 Å². The van der Waals surface area contributed by atoms with Crippen LogP contribution in [0, 0.1) is 0 Å². The van der Waals surface area contributed by atoms with Gasteiger partial charge in [-0.1, -0.05) is 35.0 Å². The van der Waals surface area contributed by atoms with Crippen LogP contribution >= 0.6 is 15.9 Å². The highest BCUT2D eigenvalue weighted by Gasteiger charge is 2.08. The third kappa shape index (κ3) is 4.14. The van der Waals surface area contributed by atoms with Gasteiger partial charge in [0.25, 0.3) is 0 Å². The van der Waals surface area contributed by atoms with E-state index in [9.17, 15) is 9.59 Å². The molecule has 0 fully saturated rings. The molecular weight excluding hydrogens is 270 g/mol. The second-order valence-corrected chi connectivity index (χ2v) is 4.01. The highest BCUT2D eigenvalue weighted by Crippen LogP contribution is 2.11. The van der Waals surface area contributed by atoms with Crippen molar-refractivity contribution in [1.29, 1.82) is 0 Å². The van der Waals surface area contributed by atoms with Crippen molar-refractivity contribution in [2.75, 3.05) is 10.6 Å². The van der Waals surface area contributed by atoms with Gasteiger partial charge in [0.2, 0.25) is 5.91 Å². The van der Waals surface area contributed by atoms with Crippen molar-refractivity contribution < 1.29 is 9.59 Å². The van der Waals surface area contributed by atoms with Crippen molar-refractivity contribution in [2.24, 2.45) is 0 Å². The Morgan fingerprint density at radius 1 is 1.38 bits per heavy atom. The molecule has 0 aliphatic heterocycles. The third-order valence-corrected chi connectivity index (χ3v) is 2.75. The molecule has 0 heterocycles. The lowest BCUT2D eigenvalue weighted by Gasteiger charge is -2.05. The zero-order chi connectivity index (χ0) is 12.0. The molecule has 0 saturated carbocycles. The first-order chi connectivity index (χ1) is 7.65. The molecule has 0 radical (unpaired) electrons. The average molecular weight is 284 g/mol. The minimum atomic E-state index is -0.266. The van der Waals surface area contributed by atoms with Crippen molar-refractivity contribution >= 4 is 33.3 Å². The predicted octanol–water partition coefficient (Wildman–Crippen LogP) is 2.54. The average Bonchev–Trinajstić information content (AvgIpc) is 2.28. The number of hydrogen-bond donors (Lipinski definition) is 1. The second kappa shape index (κ2) is 6.43. The summed E-state index contributed by atoms with van der Waals surface area (Å²) in [5, 5.41) is 2.92. The van der Waals surface area contributed by atoms with Gasteiger partial charge in [0.15, 0.2) is 5.78 Å². The minimum absolute atomic E-state index is 0.0817. The molecule has 0 aromatic heterocycles. The number of rotatable bonds is 5. The first kappa shape index (κ1) is 12.9. The van der Waals surface area contributed by atoms with Crippen LogP contribution in [-0.4, -0.2) is 17.0 Å². The van der Waals surface area contributed by atoms with Crippen LogP contribution in [0.15, 0.2) is 24.3 Å². The van der Waals surface area contributed by atoms with E-state index in [0.29, 0.717) is 0 Å². The number of nitrogens with one attached hydrogen (secondary N) is 1. The topological polar surface area (TPSA) is 46.2 Å². The van der Waals surface area contributed by atoms with Gasteiger partial charge >= 0.3 is 0 Å². The summed E-state index contributed by atoms with van der Waals surface area (Å²) < 4.78 is 0. The van der Waals surface area contributed by atoms with Gasteiger partial charge in [-0.15, -0.1) is 0 Å². The van der Waals surface area contributed by atoms with Gasteiger partial charge in [0, 0.05) is 5.69 Å². The molecule has 1 N–H and O–H groups in total. The van der Waals surface area contributed by atoms with Gasteiger partial charge < -0.3 is 5.32 Å². The molecule has 0 atom stereocenters. The Morgan fingerprint density at radius 2 is 2.12 bits per heavy atom. The van der Waals surface area contributed by atoms with Crippen LogP contribution in [-0.2, 0) is 16.0 Å². The maximum Gasteiger partial charge on any atom is 0.231 e. The van der Waals surface area contributed by atoms with E-state index in [1.807, 2.05) is 24.3 Å². The molecule has 1 amide bonds. The molecule has 1 rings (SSSR count). The van der Waals surface area contributed by atoms with Gasteiger partial charge in [-0.2, -0.15) is 0 Å². The number of amides is 1. The van der Waals surface area contributed by atoms with Crippen LogP contribution in [0.5, 0.6) is 0 Å². The highest BCUT2D eigenvalue weighted by molar-refractivity contribution is 9.09. The quantitative estimate of drug-likeness (QED) is 0.667. The van der Waals surface area contributed by atoms with Gasteiger partial charge in [-0.25, -0.2) is 0 Å². The molecule has 4 heteroatoms. The lowest BCUT2D eigenvalue weighted by Crippen LogP contribution is -2.16. The summed E-state index contributed by atoms with van der Waals surface area (Å²) in [5.41, 5.74) is 1.90. The van der Waals surface area contributed by atoms with Crippen molar-refractivity contribution in [3.05, 3.63) is 29.8 Å². The Balaban J connectivity index is 2.59.